The third-order valence-corrected chi connectivity index (χ3v) is 6.39. The van der Waals surface area contributed by atoms with Gasteiger partial charge in [0, 0.05) is 39.1 Å². The molecule has 2 aromatic rings. The van der Waals surface area contributed by atoms with Crippen LogP contribution in [0.5, 0.6) is 0 Å². The highest BCUT2D eigenvalue weighted by atomic mass is 16.5. The van der Waals surface area contributed by atoms with Crippen molar-refractivity contribution in [2.75, 3.05) is 32.7 Å². The van der Waals surface area contributed by atoms with Crippen LogP contribution in [0, 0.1) is 12.8 Å². The molecule has 0 radical (unpaired) electrons. The summed E-state index contributed by atoms with van der Waals surface area (Å²) in [6, 6.07) is 10.9. The summed E-state index contributed by atoms with van der Waals surface area (Å²) in [5.74, 6) is 1.74. The van der Waals surface area contributed by atoms with Gasteiger partial charge >= 0.3 is 0 Å². The van der Waals surface area contributed by atoms with Crippen molar-refractivity contribution in [2.45, 2.75) is 51.6 Å². The van der Waals surface area contributed by atoms with Gasteiger partial charge in [-0.25, -0.2) is 0 Å². The van der Waals surface area contributed by atoms with Crippen LogP contribution >= 0.6 is 0 Å². The van der Waals surface area contributed by atoms with Crippen LogP contribution in [0.2, 0.25) is 0 Å². The minimum atomic E-state index is 0.120. The molecule has 7 heteroatoms. The van der Waals surface area contributed by atoms with Crippen LogP contribution in [0.15, 0.2) is 34.9 Å². The topological polar surface area (TPSA) is 74.5 Å². The summed E-state index contributed by atoms with van der Waals surface area (Å²) in [6.07, 6.45) is 5.28. The molecule has 1 N–H and O–H groups in total. The minimum Gasteiger partial charge on any atom is -0.355 e. The van der Waals surface area contributed by atoms with Crippen LogP contribution in [0.25, 0.3) is 0 Å². The first-order valence-corrected chi connectivity index (χ1v) is 11.2. The molecule has 162 valence electrons. The van der Waals surface area contributed by atoms with E-state index in [1.54, 1.807) is 0 Å². The van der Waals surface area contributed by atoms with Crippen LogP contribution in [0.4, 0.5) is 0 Å². The molecule has 0 saturated carbocycles. The Morgan fingerprint density at radius 3 is 2.70 bits per heavy atom. The summed E-state index contributed by atoms with van der Waals surface area (Å²) in [4.78, 5) is 22.0. The first-order valence-electron chi connectivity index (χ1n) is 11.2. The predicted molar refractivity (Wildman–Crippen MR) is 115 cm³/mol. The molecule has 0 unspecified atom stereocenters. The molecule has 1 aromatic carbocycles. The smallest absolute Gasteiger partial charge is 0.224 e. The molecule has 2 fully saturated rings. The largest absolute Gasteiger partial charge is 0.355 e. The lowest BCUT2D eigenvalue weighted by Crippen LogP contribution is -2.50. The van der Waals surface area contributed by atoms with E-state index >= 15 is 0 Å². The normalized spacial score (nSPS) is 21.6. The summed E-state index contributed by atoms with van der Waals surface area (Å²) < 4.78 is 5.08. The number of nitrogens with zero attached hydrogens (tertiary/aromatic N) is 4. The fraction of sp³-hybridized carbons (Fsp3) is 0.609. The Bertz CT molecular complexity index is 801. The molecule has 0 bridgehead atoms. The Balaban J connectivity index is 1.19. The van der Waals surface area contributed by atoms with E-state index < -0.39 is 0 Å². The number of carbonyl (C=O) groups excluding carboxylic acids is 1. The van der Waals surface area contributed by atoms with Gasteiger partial charge in [-0.1, -0.05) is 35.5 Å². The maximum atomic E-state index is 12.7. The molecular weight excluding hydrogens is 378 g/mol. The number of hydrogen-bond donors (Lipinski definition) is 1. The van der Waals surface area contributed by atoms with E-state index in [0.717, 1.165) is 70.7 Å². The third-order valence-electron chi connectivity index (χ3n) is 6.39. The van der Waals surface area contributed by atoms with Gasteiger partial charge in [-0.15, -0.1) is 0 Å². The standard InChI is InChI=1S/C23H33N5O2/c1-18-25-22(26-30-18)17-27-14-10-21(11-15-27)28-13-5-8-20(16-28)23(29)24-12-9-19-6-3-2-4-7-19/h2-4,6-7,20-21H,5,8-17H2,1H3,(H,24,29)/t20-/m1/s1. The average Bonchev–Trinajstić information content (AvgIpc) is 3.19. The zero-order valence-electron chi connectivity index (χ0n) is 17.9. The summed E-state index contributed by atoms with van der Waals surface area (Å²) in [7, 11) is 0. The van der Waals surface area contributed by atoms with E-state index in [1.807, 2.05) is 25.1 Å². The summed E-state index contributed by atoms with van der Waals surface area (Å²) >= 11 is 0. The van der Waals surface area contributed by atoms with Gasteiger partial charge < -0.3 is 9.84 Å². The monoisotopic (exact) mass is 411 g/mol. The van der Waals surface area contributed by atoms with Crippen molar-refractivity contribution in [1.29, 1.82) is 0 Å². The Kier molecular flexibility index (Phi) is 7.12. The third kappa shape index (κ3) is 5.67. The van der Waals surface area contributed by atoms with E-state index in [1.165, 1.54) is 5.56 Å². The molecule has 7 nitrogen and oxygen atoms in total. The number of amides is 1. The number of piperidine rings is 2. The molecule has 1 atom stereocenters. The molecule has 3 heterocycles. The van der Waals surface area contributed by atoms with Gasteiger partial charge in [0.2, 0.25) is 11.8 Å². The number of nitrogens with one attached hydrogen (secondary N) is 1. The van der Waals surface area contributed by atoms with Gasteiger partial charge in [0.25, 0.3) is 0 Å². The van der Waals surface area contributed by atoms with Crippen molar-refractivity contribution in [2.24, 2.45) is 5.92 Å². The maximum Gasteiger partial charge on any atom is 0.224 e. The molecule has 2 saturated heterocycles. The molecule has 0 spiro atoms. The Morgan fingerprint density at radius 2 is 1.97 bits per heavy atom. The fourth-order valence-electron chi connectivity index (χ4n) is 4.72. The second kappa shape index (κ2) is 10.2. The van der Waals surface area contributed by atoms with Crippen molar-refractivity contribution >= 4 is 5.91 Å². The van der Waals surface area contributed by atoms with Gasteiger partial charge in [0.05, 0.1) is 12.5 Å². The minimum absolute atomic E-state index is 0.120. The first-order chi connectivity index (χ1) is 14.7. The number of aryl methyl sites for hydroxylation is 1. The number of carbonyl (C=O) groups is 1. The van der Waals surface area contributed by atoms with Crippen LogP contribution in [0.1, 0.15) is 43.0 Å². The van der Waals surface area contributed by atoms with E-state index in [4.69, 9.17) is 4.52 Å². The molecule has 30 heavy (non-hydrogen) atoms. The molecular formula is C23H33N5O2. The lowest BCUT2D eigenvalue weighted by atomic mass is 9.93. The van der Waals surface area contributed by atoms with E-state index in [-0.39, 0.29) is 11.8 Å². The fourth-order valence-corrected chi connectivity index (χ4v) is 4.72. The summed E-state index contributed by atoms with van der Waals surface area (Å²) in [5, 5.41) is 7.17. The Morgan fingerprint density at radius 1 is 1.17 bits per heavy atom. The number of rotatable bonds is 7. The van der Waals surface area contributed by atoms with Crippen LogP contribution in [0.3, 0.4) is 0 Å². The van der Waals surface area contributed by atoms with Gasteiger partial charge in [-0.2, -0.15) is 4.98 Å². The van der Waals surface area contributed by atoms with Gasteiger partial charge in [-0.05, 0) is 44.2 Å². The van der Waals surface area contributed by atoms with Gasteiger partial charge in [0.1, 0.15) is 0 Å². The highest BCUT2D eigenvalue weighted by Gasteiger charge is 2.31. The second-order valence-corrected chi connectivity index (χ2v) is 8.60. The van der Waals surface area contributed by atoms with Crippen molar-refractivity contribution in [3.63, 3.8) is 0 Å². The van der Waals surface area contributed by atoms with Crippen LogP contribution < -0.4 is 5.32 Å². The highest BCUT2D eigenvalue weighted by molar-refractivity contribution is 5.79. The SMILES string of the molecule is Cc1nc(CN2CCC(N3CCC[C@@H](C(=O)NCCc4ccccc4)C3)CC2)no1. The van der Waals surface area contributed by atoms with E-state index in [0.29, 0.717) is 18.5 Å². The zero-order valence-corrected chi connectivity index (χ0v) is 17.9. The quantitative estimate of drug-likeness (QED) is 0.754. The Labute approximate surface area is 178 Å². The van der Waals surface area contributed by atoms with Crippen molar-refractivity contribution in [1.82, 2.24) is 25.3 Å². The molecule has 4 rings (SSSR count). The molecule has 0 aliphatic carbocycles. The number of aromatic nitrogens is 2. The number of hydrogen-bond acceptors (Lipinski definition) is 6. The summed E-state index contributed by atoms with van der Waals surface area (Å²) in [6.45, 7) is 7.40. The Hall–Kier alpha value is -2.25. The molecule has 2 aliphatic heterocycles. The zero-order chi connectivity index (χ0) is 20.8. The van der Waals surface area contributed by atoms with Gasteiger partial charge in [-0.3, -0.25) is 14.6 Å². The first kappa shape index (κ1) is 21.0. The van der Waals surface area contributed by atoms with Crippen molar-refractivity contribution in [3.8, 4) is 0 Å². The average molecular weight is 412 g/mol. The van der Waals surface area contributed by atoms with E-state index in [9.17, 15) is 4.79 Å². The number of benzene rings is 1. The lowest BCUT2D eigenvalue weighted by Gasteiger charge is -2.41. The summed E-state index contributed by atoms with van der Waals surface area (Å²) in [5.41, 5.74) is 1.27. The van der Waals surface area contributed by atoms with Crippen molar-refractivity contribution in [3.05, 3.63) is 47.6 Å². The molecule has 1 aromatic heterocycles. The molecule has 2 aliphatic rings. The predicted octanol–water partition coefficient (Wildman–Crippen LogP) is 2.41. The van der Waals surface area contributed by atoms with E-state index in [2.05, 4.69) is 37.4 Å². The molecule has 1 amide bonds. The van der Waals surface area contributed by atoms with Crippen LogP contribution in [-0.2, 0) is 17.8 Å². The van der Waals surface area contributed by atoms with Crippen LogP contribution in [-0.4, -0.2) is 64.6 Å². The van der Waals surface area contributed by atoms with Gasteiger partial charge in [0.15, 0.2) is 5.82 Å². The highest BCUT2D eigenvalue weighted by Crippen LogP contribution is 2.24. The lowest BCUT2D eigenvalue weighted by molar-refractivity contribution is -0.127. The second-order valence-electron chi connectivity index (χ2n) is 8.60. The maximum absolute atomic E-state index is 12.7. The number of likely N-dealkylation sites (tertiary alicyclic amines) is 2. The van der Waals surface area contributed by atoms with Crippen molar-refractivity contribution < 1.29 is 9.32 Å².